The van der Waals surface area contributed by atoms with E-state index in [1.807, 2.05) is 45.8 Å². The van der Waals surface area contributed by atoms with Crippen LogP contribution in [0, 0.1) is 11.3 Å². The first-order valence-electron chi connectivity index (χ1n) is 17.9. The number of amides is 1. The maximum atomic E-state index is 12.8. The number of piperazine rings is 1. The van der Waals surface area contributed by atoms with Gasteiger partial charge in [-0.15, -0.1) is 11.3 Å². The highest BCUT2D eigenvalue weighted by Crippen LogP contribution is 2.50. The zero-order valence-corrected chi connectivity index (χ0v) is 31.5. The van der Waals surface area contributed by atoms with Crippen molar-refractivity contribution >= 4 is 34.6 Å². The van der Waals surface area contributed by atoms with Gasteiger partial charge in [0.25, 0.3) is 0 Å². The predicted octanol–water partition coefficient (Wildman–Crippen LogP) is 5.38. The van der Waals surface area contributed by atoms with E-state index in [4.69, 9.17) is 28.9 Å². The number of aromatic nitrogens is 4. The van der Waals surface area contributed by atoms with Crippen molar-refractivity contribution in [3.05, 3.63) is 28.0 Å². The average Bonchev–Trinajstić information content (AvgIpc) is 3.78. The van der Waals surface area contributed by atoms with E-state index in [1.54, 1.807) is 22.6 Å². The minimum atomic E-state index is -0.660. The maximum Gasteiger partial charge on any atom is 0.410 e. The van der Waals surface area contributed by atoms with Crippen LogP contribution >= 0.6 is 11.3 Å². The maximum absolute atomic E-state index is 12.8. The van der Waals surface area contributed by atoms with Crippen LogP contribution in [-0.2, 0) is 16.6 Å². The van der Waals surface area contributed by atoms with Gasteiger partial charge in [0.2, 0.25) is 11.7 Å². The van der Waals surface area contributed by atoms with Gasteiger partial charge in [-0.1, -0.05) is 5.16 Å². The molecule has 3 saturated heterocycles. The average molecular weight is 717 g/mol. The molecule has 0 spiro atoms. The highest BCUT2D eigenvalue weighted by atomic mass is 32.1. The molecule has 3 aromatic rings. The van der Waals surface area contributed by atoms with Gasteiger partial charge in [0.1, 0.15) is 34.3 Å². The van der Waals surface area contributed by atoms with Crippen molar-refractivity contribution in [3.8, 4) is 23.6 Å². The third-order valence-corrected chi connectivity index (χ3v) is 11.7. The minimum Gasteiger partial charge on any atom is -0.460 e. The van der Waals surface area contributed by atoms with Crippen molar-refractivity contribution < 1.29 is 18.8 Å². The molecule has 3 atom stereocenters. The number of fused-ring (bicyclic) bond motifs is 3. The van der Waals surface area contributed by atoms with Crippen molar-refractivity contribution in [3.63, 3.8) is 0 Å². The van der Waals surface area contributed by atoms with Crippen LogP contribution in [0.4, 0.5) is 15.6 Å². The van der Waals surface area contributed by atoms with Gasteiger partial charge in [-0.2, -0.15) is 20.2 Å². The van der Waals surface area contributed by atoms with Gasteiger partial charge < -0.3 is 33.6 Å². The number of rotatable bonds is 7. The van der Waals surface area contributed by atoms with Crippen LogP contribution < -0.4 is 9.64 Å². The highest BCUT2D eigenvalue weighted by molar-refractivity contribution is 7.16. The second kappa shape index (κ2) is 13.7. The number of hydrogen-bond donors (Lipinski definition) is 0. The molecule has 1 aliphatic carbocycles. The Balaban J connectivity index is 1.19. The van der Waals surface area contributed by atoms with Crippen LogP contribution in [-0.4, -0.2) is 118 Å². The minimum absolute atomic E-state index is 0.0126. The molecule has 2 unspecified atom stereocenters. The van der Waals surface area contributed by atoms with E-state index in [0.717, 1.165) is 42.5 Å². The fraction of sp³-hybridized carbons (Fsp3) is 0.639. The number of thiophene rings is 1. The quantitative estimate of drug-likeness (QED) is 0.228. The zero-order chi connectivity index (χ0) is 36.1. The number of carbonyl (C=O) groups is 1. The van der Waals surface area contributed by atoms with Crippen LogP contribution in [0.5, 0.6) is 6.01 Å². The summed E-state index contributed by atoms with van der Waals surface area (Å²) in [6.07, 6.45) is 8.20. The van der Waals surface area contributed by atoms with Crippen LogP contribution in [0.25, 0.3) is 11.5 Å². The first-order valence-corrected chi connectivity index (χ1v) is 18.7. The van der Waals surface area contributed by atoms with Gasteiger partial charge in [0.15, 0.2) is 0 Å². The Morgan fingerprint density at radius 2 is 1.88 bits per heavy atom. The molecule has 0 saturated carbocycles. The summed E-state index contributed by atoms with van der Waals surface area (Å²) in [7, 11) is 6.02. The van der Waals surface area contributed by atoms with Crippen molar-refractivity contribution in [2.45, 2.75) is 102 Å². The number of carbonyl (C=O) groups excluding carboxylic acids is 1. The van der Waals surface area contributed by atoms with Crippen LogP contribution in [0.2, 0.25) is 0 Å². The molecule has 0 N–H and O–H groups in total. The molecule has 15 heteroatoms. The monoisotopic (exact) mass is 716 g/mol. The molecule has 6 heterocycles. The van der Waals surface area contributed by atoms with Crippen molar-refractivity contribution in [2.75, 3.05) is 52.2 Å². The van der Waals surface area contributed by atoms with Gasteiger partial charge in [-0.25, -0.2) is 9.79 Å². The molecule has 51 heavy (non-hydrogen) atoms. The van der Waals surface area contributed by atoms with E-state index in [2.05, 4.69) is 40.0 Å². The van der Waals surface area contributed by atoms with E-state index in [1.165, 1.54) is 12.8 Å². The first-order chi connectivity index (χ1) is 24.3. The number of aliphatic imine (C=N–C) groups is 1. The lowest BCUT2D eigenvalue weighted by Gasteiger charge is -2.37. The number of nitrogens with zero attached hydrogens (tertiary/aromatic N) is 10. The van der Waals surface area contributed by atoms with Crippen molar-refractivity contribution in [1.29, 1.82) is 5.26 Å². The number of piperidine rings is 1. The Hall–Kier alpha value is -4.29. The Morgan fingerprint density at radius 1 is 1.16 bits per heavy atom. The topological polar surface area (TPSA) is 149 Å². The van der Waals surface area contributed by atoms with Crippen LogP contribution in [0.1, 0.15) is 88.1 Å². The number of anilines is 1. The molecule has 2 bridgehead atoms. The molecule has 14 nitrogen and oxygen atoms in total. The van der Waals surface area contributed by atoms with E-state index < -0.39 is 11.0 Å². The smallest absolute Gasteiger partial charge is 0.410 e. The normalized spacial score (nSPS) is 25.2. The second-order valence-corrected chi connectivity index (χ2v) is 16.7. The van der Waals surface area contributed by atoms with E-state index in [0.29, 0.717) is 72.1 Å². The molecule has 4 aliphatic rings. The molecule has 3 fully saturated rings. The fourth-order valence-corrected chi connectivity index (χ4v) is 9.13. The van der Waals surface area contributed by atoms with Gasteiger partial charge in [-0.3, -0.25) is 0 Å². The third-order valence-electron chi connectivity index (χ3n) is 10.5. The lowest BCUT2D eigenvalue weighted by molar-refractivity contribution is 0.0240. The molecule has 0 radical (unpaired) electrons. The van der Waals surface area contributed by atoms with Crippen molar-refractivity contribution in [1.82, 2.24) is 34.8 Å². The first kappa shape index (κ1) is 35.1. The summed E-state index contributed by atoms with van der Waals surface area (Å²) in [6.45, 7) is 9.83. The zero-order valence-electron chi connectivity index (χ0n) is 30.7. The largest absolute Gasteiger partial charge is 0.460 e. The number of ether oxygens (including phenoxy) is 2. The summed E-state index contributed by atoms with van der Waals surface area (Å²) >= 11 is 1.56. The molecule has 272 valence electrons. The summed E-state index contributed by atoms with van der Waals surface area (Å²) in [5, 5.41) is 15.4. The second-order valence-electron chi connectivity index (χ2n) is 15.6. The molecule has 0 aromatic carbocycles. The summed E-state index contributed by atoms with van der Waals surface area (Å²) < 4.78 is 18.2. The van der Waals surface area contributed by atoms with Gasteiger partial charge in [-0.05, 0) is 66.8 Å². The summed E-state index contributed by atoms with van der Waals surface area (Å²) in [5.74, 6) is 1.46. The molecule has 1 amide bonds. The summed E-state index contributed by atoms with van der Waals surface area (Å²) in [6, 6.07) is 5.59. The number of nitriles is 1. The number of aryl methyl sites for hydroxylation is 1. The van der Waals surface area contributed by atoms with Crippen LogP contribution in [0.3, 0.4) is 0 Å². The SMILES string of the molecule is CN(C)C=Nc1sc2c(c1C#N)[C@@](C)(c1nc(-c3cc(N4CCN(C(=O)OC(C)(C)C)CC4)nc(OC4CC5CCC(C4)N5C)n3)no1)CCC2. The molecule has 7 rings (SSSR count). The molecule has 3 aromatic heterocycles. The van der Waals surface area contributed by atoms with E-state index in [-0.39, 0.29) is 18.2 Å². The van der Waals surface area contributed by atoms with Gasteiger partial charge >= 0.3 is 12.1 Å². The Labute approximate surface area is 303 Å². The Kier molecular flexibility index (Phi) is 9.43. The standard InChI is InChI=1S/C36H48N10O4S/c1-35(2,3)49-34(47)46-15-13-45(14-16-46)28-19-26(39-33(40-28)48-24-17-22-10-11-23(18-24)44(22)7)30-41-32(50-42-30)36(4)12-8-9-27-29(36)25(20-37)31(51-27)38-21-43(5)6/h19,21-24H,8-18H2,1-7H3/t22?,23?,24?,36-/m0/s1. The van der Waals surface area contributed by atoms with E-state index in [9.17, 15) is 10.1 Å². The lowest BCUT2D eigenvalue weighted by atomic mass is 9.72. The summed E-state index contributed by atoms with van der Waals surface area (Å²) in [5.41, 5.74) is 0.767. The third kappa shape index (κ3) is 7.13. The number of hydrogen-bond acceptors (Lipinski definition) is 13. The molecule has 3 aliphatic heterocycles. The van der Waals surface area contributed by atoms with Crippen LogP contribution in [0.15, 0.2) is 15.6 Å². The lowest BCUT2D eigenvalue weighted by Crippen LogP contribution is -2.50. The van der Waals surface area contributed by atoms with Gasteiger partial charge in [0.05, 0.1) is 17.3 Å². The Bertz CT molecular complexity index is 1820. The fourth-order valence-electron chi connectivity index (χ4n) is 7.87. The molecular weight excluding hydrogens is 669 g/mol. The summed E-state index contributed by atoms with van der Waals surface area (Å²) in [4.78, 5) is 41.4. The van der Waals surface area contributed by atoms with E-state index >= 15 is 0 Å². The van der Waals surface area contributed by atoms with Crippen molar-refractivity contribution in [2.24, 2.45) is 4.99 Å². The Morgan fingerprint density at radius 3 is 2.55 bits per heavy atom. The van der Waals surface area contributed by atoms with Gasteiger partial charge in [0, 0.05) is 81.7 Å². The molecular formula is C36H48N10O4S. The predicted molar refractivity (Wildman–Crippen MR) is 194 cm³/mol. The highest BCUT2D eigenvalue weighted by Gasteiger charge is 2.44.